The molecular weight excluding hydrogens is 379 g/mol. The Labute approximate surface area is 163 Å². The molecule has 3 heterocycles. The van der Waals surface area contributed by atoms with Gasteiger partial charge in [0.1, 0.15) is 29.0 Å². The first-order valence-corrected chi connectivity index (χ1v) is 8.58. The molecule has 0 saturated carbocycles. The molecule has 146 valence electrons. The number of anilines is 1. The summed E-state index contributed by atoms with van der Waals surface area (Å²) < 4.78 is 25.2. The predicted molar refractivity (Wildman–Crippen MR) is 103 cm³/mol. The number of pyridine rings is 1. The predicted octanol–water partition coefficient (Wildman–Crippen LogP) is 3.41. The van der Waals surface area contributed by atoms with Crippen LogP contribution in [0.5, 0.6) is 11.6 Å². The molecule has 1 aromatic carbocycles. The molecule has 4 aromatic rings. The number of nitrogens with zero attached hydrogens (tertiary/aromatic N) is 3. The van der Waals surface area contributed by atoms with Gasteiger partial charge in [-0.25, -0.2) is 14.4 Å². The number of hydrogen-bond acceptors (Lipinski definition) is 6. The zero-order valence-corrected chi connectivity index (χ0v) is 15.5. The number of carbonyl (C=O) groups is 1. The summed E-state index contributed by atoms with van der Waals surface area (Å²) in [7, 11) is 1.54. The third-order valence-corrected chi connectivity index (χ3v) is 4.21. The summed E-state index contributed by atoms with van der Waals surface area (Å²) in [6.45, 7) is 1.59. The largest absolute Gasteiger partial charge is 0.442 e. The first-order valence-electron chi connectivity index (χ1n) is 8.58. The van der Waals surface area contributed by atoms with Crippen LogP contribution in [-0.2, 0) is 7.05 Å². The molecule has 1 amide bonds. The fourth-order valence-electron chi connectivity index (χ4n) is 2.79. The van der Waals surface area contributed by atoms with E-state index in [0.717, 1.165) is 0 Å². The Hall–Kier alpha value is -4.01. The topological polar surface area (TPSA) is 99.2 Å². The standard InChI is InChI=1S/C20H15FN4O4/c1-11-16(17-19(28-11)23-10-25(2)20(17)27)18(26)24-13-5-8-15(22-9-13)29-14-6-3-12(21)4-7-14/h3-10H,1-2H3,(H,24,26). The van der Waals surface area contributed by atoms with Gasteiger partial charge < -0.3 is 19.0 Å². The molecule has 1 N–H and O–H groups in total. The molecule has 0 radical (unpaired) electrons. The smallest absolute Gasteiger partial charge is 0.265 e. The number of ether oxygens (including phenoxy) is 1. The highest BCUT2D eigenvalue weighted by Crippen LogP contribution is 2.23. The van der Waals surface area contributed by atoms with Crippen LogP contribution in [0.1, 0.15) is 16.1 Å². The van der Waals surface area contributed by atoms with Gasteiger partial charge in [-0.05, 0) is 37.3 Å². The molecule has 0 unspecified atom stereocenters. The molecule has 9 heteroatoms. The van der Waals surface area contributed by atoms with E-state index in [-0.39, 0.29) is 39.7 Å². The van der Waals surface area contributed by atoms with E-state index in [4.69, 9.17) is 9.15 Å². The zero-order valence-electron chi connectivity index (χ0n) is 15.5. The maximum atomic E-state index is 12.9. The number of rotatable bonds is 4. The molecule has 0 saturated heterocycles. The average Bonchev–Trinajstić information content (AvgIpc) is 3.05. The van der Waals surface area contributed by atoms with Gasteiger partial charge in [0.25, 0.3) is 11.5 Å². The van der Waals surface area contributed by atoms with Crippen LogP contribution in [0.25, 0.3) is 11.1 Å². The van der Waals surface area contributed by atoms with Crippen molar-refractivity contribution in [2.45, 2.75) is 6.92 Å². The lowest BCUT2D eigenvalue weighted by molar-refractivity contribution is 0.102. The molecule has 0 atom stereocenters. The van der Waals surface area contributed by atoms with Crippen molar-refractivity contribution < 1.29 is 18.3 Å². The summed E-state index contributed by atoms with van der Waals surface area (Å²) in [5.74, 6) is 0.116. The van der Waals surface area contributed by atoms with Gasteiger partial charge in [-0.1, -0.05) is 0 Å². The Morgan fingerprint density at radius 3 is 2.62 bits per heavy atom. The second kappa shape index (κ2) is 7.19. The number of aryl methyl sites for hydroxylation is 2. The highest BCUT2D eigenvalue weighted by Gasteiger charge is 2.22. The summed E-state index contributed by atoms with van der Waals surface area (Å²) in [5.41, 5.74) is 0.256. The van der Waals surface area contributed by atoms with Crippen molar-refractivity contribution >= 4 is 22.7 Å². The minimum Gasteiger partial charge on any atom is -0.442 e. The van der Waals surface area contributed by atoms with Gasteiger partial charge in [-0.3, -0.25) is 9.59 Å². The van der Waals surface area contributed by atoms with Crippen LogP contribution in [0.2, 0.25) is 0 Å². The number of aromatic nitrogens is 3. The van der Waals surface area contributed by atoms with Gasteiger partial charge in [-0.15, -0.1) is 0 Å². The van der Waals surface area contributed by atoms with Gasteiger partial charge in [0, 0.05) is 13.1 Å². The van der Waals surface area contributed by atoms with E-state index in [1.54, 1.807) is 26.1 Å². The van der Waals surface area contributed by atoms with Gasteiger partial charge in [0.05, 0.1) is 17.4 Å². The second-order valence-corrected chi connectivity index (χ2v) is 6.27. The Morgan fingerprint density at radius 1 is 1.17 bits per heavy atom. The summed E-state index contributed by atoms with van der Waals surface area (Å²) in [6.07, 6.45) is 2.74. The lowest BCUT2D eigenvalue weighted by Gasteiger charge is -2.07. The number of benzene rings is 1. The number of carbonyl (C=O) groups excluding carboxylic acids is 1. The van der Waals surface area contributed by atoms with Gasteiger partial charge in [-0.2, -0.15) is 0 Å². The number of nitrogens with one attached hydrogen (secondary N) is 1. The number of fused-ring (bicyclic) bond motifs is 1. The van der Waals surface area contributed by atoms with E-state index in [0.29, 0.717) is 11.4 Å². The minimum atomic E-state index is -0.514. The summed E-state index contributed by atoms with van der Waals surface area (Å²) in [6, 6.07) is 8.67. The quantitative estimate of drug-likeness (QED) is 0.569. The Morgan fingerprint density at radius 2 is 1.93 bits per heavy atom. The van der Waals surface area contributed by atoms with Gasteiger partial charge in [0.2, 0.25) is 11.6 Å². The number of amides is 1. The molecule has 4 rings (SSSR count). The molecule has 0 fully saturated rings. The normalized spacial score (nSPS) is 10.9. The molecule has 0 aliphatic rings. The van der Waals surface area contributed by atoms with E-state index in [2.05, 4.69) is 15.3 Å². The molecule has 0 spiro atoms. The molecule has 0 bridgehead atoms. The maximum absolute atomic E-state index is 12.9. The third-order valence-electron chi connectivity index (χ3n) is 4.21. The summed E-state index contributed by atoms with van der Waals surface area (Å²) in [4.78, 5) is 33.3. The highest BCUT2D eigenvalue weighted by molar-refractivity contribution is 6.12. The lowest BCUT2D eigenvalue weighted by atomic mass is 10.1. The molecule has 3 aromatic heterocycles. The fourth-order valence-corrected chi connectivity index (χ4v) is 2.79. The second-order valence-electron chi connectivity index (χ2n) is 6.27. The van der Waals surface area contributed by atoms with Crippen molar-refractivity contribution in [2.75, 3.05) is 5.32 Å². The van der Waals surface area contributed by atoms with Crippen molar-refractivity contribution in [3.05, 3.63) is 76.4 Å². The molecular formula is C20H15FN4O4. The van der Waals surface area contributed by atoms with Crippen LogP contribution < -0.4 is 15.6 Å². The van der Waals surface area contributed by atoms with Crippen molar-refractivity contribution in [3.8, 4) is 11.6 Å². The van der Waals surface area contributed by atoms with E-state index in [1.165, 1.54) is 41.4 Å². The first-order chi connectivity index (χ1) is 13.9. The SMILES string of the molecule is Cc1oc2ncn(C)c(=O)c2c1C(=O)Nc1ccc(Oc2ccc(F)cc2)nc1. The van der Waals surface area contributed by atoms with Crippen LogP contribution in [0.15, 0.2) is 58.1 Å². The molecule has 0 aliphatic heterocycles. The molecule has 29 heavy (non-hydrogen) atoms. The van der Waals surface area contributed by atoms with Crippen molar-refractivity contribution in [3.63, 3.8) is 0 Å². The van der Waals surface area contributed by atoms with E-state index < -0.39 is 5.91 Å². The molecule has 0 aliphatic carbocycles. The highest BCUT2D eigenvalue weighted by atomic mass is 19.1. The van der Waals surface area contributed by atoms with Crippen molar-refractivity contribution in [2.24, 2.45) is 7.05 Å². The Bertz CT molecular complexity index is 1260. The van der Waals surface area contributed by atoms with E-state index in [1.807, 2.05) is 0 Å². The van der Waals surface area contributed by atoms with Gasteiger partial charge >= 0.3 is 0 Å². The summed E-state index contributed by atoms with van der Waals surface area (Å²) in [5, 5.41) is 2.80. The van der Waals surface area contributed by atoms with Crippen molar-refractivity contribution in [1.82, 2.24) is 14.5 Å². The zero-order chi connectivity index (χ0) is 20.5. The van der Waals surface area contributed by atoms with Crippen molar-refractivity contribution in [1.29, 1.82) is 0 Å². The lowest BCUT2D eigenvalue weighted by Crippen LogP contribution is -2.20. The Kier molecular flexibility index (Phi) is 4.55. The van der Waals surface area contributed by atoms with Crippen LogP contribution in [-0.4, -0.2) is 20.4 Å². The van der Waals surface area contributed by atoms with Crippen LogP contribution in [0, 0.1) is 12.7 Å². The third kappa shape index (κ3) is 3.57. The number of hydrogen-bond donors (Lipinski definition) is 1. The van der Waals surface area contributed by atoms with Crippen LogP contribution in [0.4, 0.5) is 10.1 Å². The molecule has 8 nitrogen and oxygen atoms in total. The average molecular weight is 394 g/mol. The maximum Gasteiger partial charge on any atom is 0.265 e. The Balaban J connectivity index is 1.55. The summed E-state index contributed by atoms with van der Waals surface area (Å²) >= 11 is 0. The first kappa shape index (κ1) is 18.4. The van der Waals surface area contributed by atoms with Crippen LogP contribution in [0.3, 0.4) is 0 Å². The number of furan rings is 1. The van der Waals surface area contributed by atoms with Crippen LogP contribution >= 0.6 is 0 Å². The van der Waals surface area contributed by atoms with E-state index >= 15 is 0 Å². The van der Waals surface area contributed by atoms with E-state index in [9.17, 15) is 14.0 Å². The minimum absolute atomic E-state index is 0.108. The fraction of sp³-hybridized carbons (Fsp3) is 0.100. The number of halogens is 1. The van der Waals surface area contributed by atoms with Gasteiger partial charge in [0.15, 0.2) is 0 Å². The monoisotopic (exact) mass is 394 g/mol.